The van der Waals surface area contributed by atoms with Gasteiger partial charge in [-0.15, -0.1) is 0 Å². The Morgan fingerprint density at radius 1 is 1.03 bits per heavy atom. The zero-order valence-electron chi connectivity index (χ0n) is 16.4. The molecule has 1 amide bonds. The lowest BCUT2D eigenvalue weighted by molar-refractivity contribution is 0.0962. The molecule has 0 aliphatic heterocycles. The number of fused-ring (bicyclic) bond motifs is 1. The molecule has 0 saturated carbocycles. The van der Waals surface area contributed by atoms with Gasteiger partial charge in [0.25, 0.3) is 5.91 Å². The highest BCUT2D eigenvalue weighted by atomic mass is 32.2. The van der Waals surface area contributed by atoms with Crippen LogP contribution in [0.1, 0.15) is 37.0 Å². The molecule has 2 aromatic carbocycles. The van der Waals surface area contributed by atoms with Gasteiger partial charge < -0.3 is 0 Å². The molecule has 0 aliphatic rings. The van der Waals surface area contributed by atoms with E-state index in [1.165, 1.54) is 39.9 Å². The minimum absolute atomic E-state index is 0.190. The van der Waals surface area contributed by atoms with Gasteiger partial charge in [0.05, 0.1) is 15.1 Å². The van der Waals surface area contributed by atoms with Crippen LogP contribution in [0.25, 0.3) is 10.2 Å². The number of thiazole rings is 1. The van der Waals surface area contributed by atoms with Crippen molar-refractivity contribution < 1.29 is 13.2 Å². The quantitative estimate of drug-likeness (QED) is 0.501. The number of carbonyl (C=O) groups excluding carboxylic acids is 1. The second-order valence-corrected chi connectivity index (χ2v) is 9.46. The summed E-state index contributed by atoms with van der Waals surface area (Å²) >= 11 is 1.43. The molecular formula is C20H24N4O3S2. The van der Waals surface area contributed by atoms with Crippen molar-refractivity contribution >= 4 is 42.6 Å². The molecule has 1 aromatic heterocycles. The van der Waals surface area contributed by atoms with Crippen molar-refractivity contribution in [2.45, 2.75) is 31.6 Å². The van der Waals surface area contributed by atoms with E-state index in [-0.39, 0.29) is 10.8 Å². The first-order valence-electron chi connectivity index (χ1n) is 9.48. The van der Waals surface area contributed by atoms with E-state index < -0.39 is 10.0 Å². The summed E-state index contributed by atoms with van der Waals surface area (Å²) in [5.41, 5.74) is 6.62. The lowest BCUT2D eigenvalue weighted by atomic mass is 10.2. The predicted octanol–water partition coefficient (Wildman–Crippen LogP) is 3.86. The van der Waals surface area contributed by atoms with Crippen LogP contribution in [-0.4, -0.2) is 36.7 Å². The number of aromatic nitrogens is 1. The molecule has 0 bridgehead atoms. The minimum atomic E-state index is -3.56. The third-order valence-corrected chi connectivity index (χ3v) is 7.14. The zero-order chi connectivity index (χ0) is 20.9. The molecule has 0 aliphatic carbocycles. The van der Waals surface area contributed by atoms with Crippen LogP contribution in [0.3, 0.4) is 0 Å². The van der Waals surface area contributed by atoms with Crippen molar-refractivity contribution in [3.05, 3.63) is 54.1 Å². The molecule has 29 heavy (non-hydrogen) atoms. The fourth-order valence-electron chi connectivity index (χ4n) is 2.89. The van der Waals surface area contributed by atoms with Crippen molar-refractivity contribution in [2.24, 2.45) is 0 Å². The normalized spacial score (nSPS) is 11.7. The van der Waals surface area contributed by atoms with Crippen molar-refractivity contribution in [1.82, 2.24) is 14.7 Å². The number of para-hydroxylation sites is 1. The van der Waals surface area contributed by atoms with E-state index in [0.717, 1.165) is 23.1 Å². The predicted molar refractivity (Wildman–Crippen MR) is 116 cm³/mol. The first kappa shape index (κ1) is 21.2. The zero-order valence-corrected chi connectivity index (χ0v) is 18.0. The number of nitrogens with zero attached hydrogens (tertiary/aromatic N) is 2. The Labute approximate surface area is 174 Å². The maximum atomic E-state index is 12.8. The van der Waals surface area contributed by atoms with Gasteiger partial charge in [0.15, 0.2) is 0 Å². The molecule has 2 N–H and O–H groups in total. The van der Waals surface area contributed by atoms with Crippen LogP contribution in [0.15, 0.2) is 53.4 Å². The summed E-state index contributed by atoms with van der Waals surface area (Å²) < 4.78 is 28.1. The largest absolute Gasteiger partial charge is 0.273 e. The van der Waals surface area contributed by atoms with Crippen LogP contribution in [0, 0.1) is 0 Å². The Bertz CT molecular complexity index is 1040. The first-order chi connectivity index (χ1) is 14.0. The molecule has 9 heteroatoms. The molecule has 1 heterocycles. The van der Waals surface area contributed by atoms with Crippen molar-refractivity contribution in [3.8, 4) is 0 Å². The summed E-state index contributed by atoms with van der Waals surface area (Å²) in [5.74, 6) is -0.368. The van der Waals surface area contributed by atoms with E-state index in [1.54, 1.807) is 0 Å². The fourth-order valence-corrected chi connectivity index (χ4v) is 5.33. The first-order valence-corrected chi connectivity index (χ1v) is 11.7. The number of rotatable bonds is 9. The molecule has 3 rings (SSSR count). The summed E-state index contributed by atoms with van der Waals surface area (Å²) in [5, 5.41) is 0.577. The van der Waals surface area contributed by atoms with Crippen LogP contribution < -0.4 is 10.9 Å². The molecule has 0 radical (unpaired) electrons. The van der Waals surface area contributed by atoms with E-state index in [4.69, 9.17) is 0 Å². The maximum Gasteiger partial charge on any atom is 0.269 e. The Balaban J connectivity index is 1.67. The highest BCUT2D eigenvalue weighted by Crippen LogP contribution is 2.24. The number of hydrazine groups is 1. The van der Waals surface area contributed by atoms with Crippen LogP contribution in [0.4, 0.5) is 5.13 Å². The molecule has 0 spiro atoms. The van der Waals surface area contributed by atoms with Gasteiger partial charge in [-0.2, -0.15) is 4.31 Å². The van der Waals surface area contributed by atoms with Gasteiger partial charge in [-0.05, 0) is 49.2 Å². The van der Waals surface area contributed by atoms with E-state index in [0.29, 0.717) is 23.8 Å². The third-order valence-electron chi connectivity index (χ3n) is 4.28. The van der Waals surface area contributed by atoms with Crippen molar-refractivity contribution in [3.63, 3.8) is 0 Å². The summed E-state index contributed by atoms with van der Waals surface area (Å²) in [7, 11) is -3.56. The number of benzene rings is 2. The SMILES string of the molecule is CCCN(CCC)S(=O)(=O)c1ccc(C(=O)NNc2nc3ccccc3s2)cc1. The number of hydrogen-bond donors (Lipinski definition) is 2. The second kappa shape index (κ2) is 9.34. The molecule has 154 valence electrons. The number of amides is 1. The second-order valence-electron chi connectivity index (χ2n) is 6.49. The number of sulfonamides is 1. The van der Waals surface area contributed by atoms with Gasteiger partial charge in [-0.1, -0.05) is 37.3 Å². The van der Waals surface area contributed by atoms with Crippen LogP contribution >= 0.6 is 11.3 Å². The van der Waals surface area contributed by atoms with Gasteiger partial charge in [0, 0.05) is 18.7 Å². The van der Waals surface area contributed by atoms with Crippen LogP contribution in [-0.2, 0) is 10.0 Å². The lowest BCUT2D eigenvalue weighted by Gasteiger charge is -2.21. The van der Waals surface area contributed by atoms with Crippen LogP contribution in [0.2, 0.25) is 0 Å². The van der Waals surface area contributed by atoms with Gasteiger partial charge in [-0.3, -0.25) is 15.6 Å². The standard InChI is InChI=1S/C20H24N4O3S2/c1-3-13-24(14-4-2)29(26,27)16-11-9-15(10-12-16)19(25)22-23-20-21-17-7-5-6-8-18(17)28-20/h5-12H,3-4,13-14H2,1-2H3,(H,21,23)(H,22,25). The Morgan fingerprint density at radius 3 is 2.31 bits per heavy atom. The van der Waals surface area contributed by atoms with Crippen molar-refractivity contribution in [1.29, 1.82) is 0 Å². The smallest absolute Gasteiger partial charge is 0.269 e. The molecular weight excluding hydrogens is 408 g/mol. The molecule has 3 aromatic rings. The number of hydrogen-bond acceptors (Lipinski definition) is 6. The van der Waals surface area contributed by atoms with Gasteiger partial charge in [0.1, 0.15) is 0 Å². The lowest BCUT2D eigenvalue weighted by Crippen LogP contribution is -2.32. The molecule has 0 unspecified atom stereocenters. The van der Waals surface area contributed by atoms with Gasteiger partial charge >= 0.3 is 0 Å². The minimum Gasteiger partial charge on any atom is -0.273 e. The summed E-state index contributed by atoms with van der Waals surface area (Å²) in [6.45, 7) is 4.85. The average Bonchev–Trinajstić information content (AvgIpc) is 3.15. The third kappa shape index (κ3) is 4.92. The van der Waals surface area contributed by atoms with Crippen LogP contribution in [0.5, 0.6) is 0 Å². The highest BCUT2D eigenvalue weighted by molar-refractivity contribution is 7.89. The topological polar surface area (TPSA) is 91.4 Å². The molecule has 0 saturated heterocycles. The Morgan fingerprint density at radius 2 is 1.69 bits per heavy atom. The number of nitrogens with one attached hydrogen (secondary N) is 2. The maximum absolute atomic E-state index is 12.8. The summed E-state index contributed by atoms with van der Waals surface area (Å²) in [6.07, 6.45) is 1.49. The van der Waals surface area contributed by atoms with E-state index in [9.17, 15) is 13.2 Å². The summed E-state index contributed by atoms with van der Waals surface area (Å²) in [4.78, 5) is 17.0. The van der Waals surface area contributed by atoms with E-state index in [1.807, 2.05) is 38.1 Å². The van der Waals surface area contributed by atoms with E-state index in [2.05, 4.69) is 15.8 Å². The summed E-state index contributed by atoms with van der Waals surface area (Å²) in [6, 6.07) is 13.7. The molecule has 0 fully saturated rings. The molecule has 7 nitrogen and oxygen atoms in total. The number of anilines is 1. The monoisotopic (exact) mass is 432 g/mol. The van der Waals surface area contributed by atoms with Gasteiger partial charge in [0.2, 0.25) is 15.2 Å². The Hall–Kier alpha value is -2.49. The number of carbonyl (C=O) groups is 1. The van der Waals surface area contributed by atoms with Gasteiger partial charge in [-0.25, -0.2) is 13.4 Å². The highest BCUT2D eigenvalue weighted by Gasteiger charge is 2.23. The van der Waals surface area contributed by atoms with E-state index >= 15 is 0 Å². The average molecular weight is 433 g/mol. The Kier molecular flexibility index (Phi) is 6.83. The van der Waals surface area contributed by atoms with Crippen molar-refractivity contribution in [2.75, 3.05) is 18.5 Å². The molecule has 0 atom stereocenters. The fraction of sp³-hybridized carbons (Fsp3) is 0.300.